The molecule has 5 heteroatoms. The summed E-state index contributed by atoms with van der Waals surface area (Å²) in [6.07, 6.45) is 7.23. The monoisotopic (exact) mass is 259 g/mol. The van der Waals surface area contributed by atoms with Gasteiger partial charge in [0.2, 0.25) is 5.96 Å². The van der Waals surface area contributed by atoms with Gasteiger partial charge in [-0.1, -0.05) is 12.8 Å². The van der Waals surface area contributed by atoms with Crippen molar-refractivity contribution in [1.82, 2.24) is 15.1 Å². The Bertz CT molecular complexity index is 520. The van der Waals surface area contributed by atoms with Crippen LogP contribution in [0.1, 0.15) is 38.3 Å². The summed E-state index contributed by atoms with van der Waals surface area (Å²) in [6, 6.07) is 2.67. The number of aromatic nitrogens is 2. The first kappa shape index (κ1) is 12.3. The maximum Gasteiger partial charge on any atom is 0.225 e. The summed E-state index contributed by atoms with van der Waals surface area (Å²) in [5, 5.41) is 11.4. The van der Waals surface area contributed by atoms with Gasteiger partial charge in [-0.15, -0.1) is 0 Å². The van der Waals surface area contributed by atoms with E-state index in [0.717, 1.165) is 29.7 Å². The molecule has 0 bridgehead atoms. The number of hydrogen-bond donors (Lipinski definition) is 2. The minimum Gasteiger partial charge on any atom is -0.367 e. The van der Waals surface area contributed by atoms with Gasteiger partial charge in [-0.25, -0.2) is 4.99 Å². The van der Waals surface area contributed by atoms with Crippen LogP contribution in [0.4, 0.5) is 5.82 Å². The van der Waals surface area contributed by atoms with E-state index < -0.39 is 0 Å². The van der Waals surface area contributed by atoms with Gasteiger partial charge in [-0.05, 0) is 32.8 Å². The van der Waals surface area contributed by atoms with E-state index >= 15 is 0 Å². The minimum absolute atomic E-state index is 0.579. The average molecular weight is 259 g/mol. The normalized spacial score (nSPS) is 19.9. The topological polar surface area (TPSA) is 54.2 Å². The van der Waals surface area contributed by atoms with E-state index in [1.165, 1.54) is 25.7 Å². The highest BCUT2D eigenvalue weighted by atomic mass is 15.4. The zero-order valence-corrected chi connectivity index (χ0v) is 11.6. The first-order chi connectivity index (χ1) is 9.22. The van der Waals surface area contributed by atoms with E-state index in [1.54, 1.807) is 0 Å². The predicted octanol–water partition coefficient (Wildman–Crippen LogP) is 2.26. The molecule has 2 aliphatic rings. The van der Waals surface area contributed by atoms with Crippen molar-refractivity contribution >= 4 is 11.8 Å². The van der Waals surface area contributed by atoms with Gasteiger partial charge in [0.15, 0.2) is 0 Å². The van der Waals surface area contributed by atoms with E-state index in [4.69, 9.17) is 0 Å². The molecule has 0 amide bonds. The number of aryl methyl sites for hydroxylation is 1. The second-order valence-corrected chi connectivity index (χ2v) is 5.38. The summed E-state index contributed by atoms with van der Waals surface area (Å²) < 4.78 is 1.89. The van der Waals surface area contributed by atoms with Crippen molar-refractivity contribution in [3.8, 4) is 0 Å². The van der Waals surface area contributed by atoms with E-state index in [1.807, 2.05) is 11.6 Å². The molecule has 0 saturated heterocycles. The molecule has 1 fully saturated rings. The van der Waals surface area contributed by atoms with Crippen molar-refractivity contribution < 1.29 is 0 Å². The molecule has 3 rings (SSSR count). The van der Waals surface area contributed by atoms with Crippen molar-refractivity contribution in [2.75, 3.05) is 11.9 Å². The van der Waals surface area contributed by atoms with E-state index in [0.29, 0.717) is 6.04 Å². The molecule has 0 atom stereocenters. The molecule has 2 N–H and O–H groups in total. The van der Waals surface area contributed by atoms with Crippen LogP contribution in [-0.2, 0) is 0 Å². The number of nitrogens with one attached hydrogen (secondary N) is 2. The molecule has 102 valence electrons. The van der Waals surface area contributed by atoms with Gasteiger partial charge in [0.25, 0.3) is 0 Å². The lowest BCUT2D eigenvalue weighted by molar-refractivity contribution is 0.737. The lowest BCUT2D eigenvalue weighted by Gasteiger charge is -2.18. The fourth-order valence-corrected chi connectivity index (χ4v) is 2.70. The average Bonchev–Trinajstić information content (AvgIpc) is 3.00. The van der Waals surface area contributed by atoms with Crippen molar-refractivity contribution in [2.24, 2.45) is 4.99 Å². The van der Waals surface area contributed by atoms with Crippen LogP contribution >= 0.6 is 0 Å². The van der Waals surface area contributed by atoms with Crippen LogP contribution < -0.4 is 10.6 Å². The van der Waals surface area contributed by atoms with Gasteiger partial charge in [-0.3, -0.25) is 0 Å². The minimum atomic E-state index is 0.579. The number of anilines is 1. The van der Waals surface area contributed by atoms with Crippen LogP contribution in [0.25, 0.3) is 0 Å². The number of aliphatic imine (C=N–C) groups is 1. The molecule has 1 aromatic heterocycles. The number of hydrogen-bond acceptors (Lipinski definition) is 4. The zero-order chi connectivity index (χ0) is 13.2. The Labute approximate surface area is 113 Å². The van der Waals surface area contributed by atoms with E-state index in [2.05, 4.69) is 39.8 Å². The Kier molecular flexibility index (Phi) is 3.27. The van der Waals surface area contributed by atoms with Crippen molar-refractivity contribution in [2.45, 2.75) is 45.6 Å². The van der Waals surface area contributed by atoms with E-state index in [-0.39, 0.29) is 0 Å². The quantitative estimate of drug-likeness (QED) is 0.856. The van der Waals surface area contributed by atoms with Crippen LogP contribution in [0.3, 0.4) is 0 Å². The Morgan fingerprint density at radius 1 is 1.32 bits per heavy atom. The second kappa shape index (κ2) is 5.07. The Hall–Kier alpha value is -1.78. The second-order valence-electron chi connectivity index (χ2n) is 5.38. The van der Waals surface area contributed by atoms with Gasteiger partial charge >= 0.3 is 0 Å². The maximum absolute atomic E-state index is 4.54. The summed E-state index contributed by atoms with van der Waals surface area (Å²) in [4.78, 5) is 4.49. The van der Waals surface area contributed by atoms with Crippen LogP contribution in [0, 0.1) is 6.92 Å². The molecule has 19 heavy (non-hydrogen) atoms. The van der Waals surface area contributed by atoms with Gasteiger partial charge in [0, 0.05) is 17.8 Å². The lowest BCUT2D eigenvalue weighted by atomic mass is 10.2. The van der Waals surface area contributed by atoms with Gasteiger partial charge in [0.1, 0.15) is 5.82 Å². The third-order valence-electron chi connectivity index (χ3n) is 3.69. The van der Waals surface area contributed by atoms with Crippen LogP contribution in [0.2, 0.25) is 0 Å². The summed E-state index contributed by atoms with van der Waals surface area (Å²) in [7, 11) is 0. The van der Waals surface area contributed by atoms with Gasteiger partial charge in [0.05, 0.1) is 12.2 Å². The first-order valence-electron chi connectivity index (χ1n) is 7.04. The molecule has 1 aliphatic carbocycles. The van der Waals surface area contributed by atoms with Crippen LogP contribution in [0.15, 0.2) is 22.8 Å². The molecule has 1 aliphatic heterocycles. The Balaban J connectivity index is 1.82. The summed E-state index contributed by atoms with van der Waals surface area (Å²) in [6.45, 7) is 4.79. The molecule has 2 heterocycles. The molecule has 0 spiro atoms. The van der Waals surface area contributed by atoms with Gasteiger partial charge in [-0.2, -0.15) is 9.78 Å². The van der Waals surface area contributed by atoms with Gasteiger partial charge < -0.3 is 10.6 Å². The van der Waals surface area contributed by atoms with Crippen LogP contribution in [-0.4, -0.2) is 28.3 Å². The van der Waals surface area contributed by atoms with Crippen molar-refractivity contribution in [3.63, 3.8) is 0 Å². The third-order valence-corrected chi connectivity index (χ3v) is 3.69. The smallest absolute Gasteiger partial charge is 0.225 e. The van der Waals surface area contributed by atoms with Crippen molar-refractivity contribution in [1.29, 1.82) is 0 Å². The molecule has 0 unspecified atom stereocenters. The van der Waals surface area contributed by atoms with Crippen molar-refractivity contribution in [3.05, 3.63) is 23.5 Å². The number of nitrogens with zero attached hydrogens (tertiary/aromatic N) is 3. The molecule has 0 radical (unpaired) electrons. The first-order valence-corrected chi connectivity index (χ1v) is 7.04. The fourth-order valence-electron chi connectivity index (χ4n) is 2.70. The van der Waals surface area contributed by atoms with E-state index in [9.17, 15) is 0 Å². The van der Waals surface area contributed by atoms with Crippen LogP contribution in [0.5, 0.6) is 0 Å². The third kappa shape index (κ3) is 2.64. The maximum atomic E-state index is 4.54. The summed E-state index contributed by atoms with van der Waals surface area (Å²) in [5.74, 6) is 1.86. The largest absolute Gasteiger partial charge is 0.367 e. The predicted molar refractivity (Wildman–Crippen MR) is 77.4 cm³/mol. The highest BCUT2D eigenvalue weighted by Gasteiger charge is 2.19. The molecule has 1 aromatic rings. The molecule has 1 saturated carbocycles. The highest BCUT2D eigenvalue weighted by molar-refractivity contribution is 5.86. The zero-order valence-electron chi connectivity index (χ0n) is 11.6. The summed E-state index contributed by atoms with van der Waals surface area (Å²) >= 11 is 0. The summed E-state index contributed by atoms with van der Waals surface area (Å²) in [5.41, 5.74) is 2.14. The highest BCUT2D eigenvalue weighted by Crippen LogP contribution is 2.22. The number of rotatable bonds is 2. The Morgan fingerprint density at radius 3 is 2.84 bits per heavy atom. The number of allylic oxidation sites excluding steroid dienone is 1. The lowest BCUT2D eigenvalue weighted by Crippen LogP contribution is -2.34. The fraction of sp³-hybridized carbons (Fsp3) is 0.571. The standard InChI is InChI=1S/C14H21N5/c1-10-7-8-15-14(16-10)19-13(9-11(2)18-19)17-12-5-3-4-6-12/h7,9,12,17H,3-6,8H2,1-2H3,(H,15,16). The molecular weight excluding hydrogens is 238 g/mol. The molecule has 0 aromatic carbocycles. The Morgan fingerprint density at radius 2 is 2.11 bits per heavy atom. The molecule has 5 nitrogen and oxygen atoms in total. The SMILES string of the molecule is CC1=CCN=C(n2nc(C)cc2NC2CCCC2)N1. The molecular formula is C14H21N5.